The number of aryl methyl sites for hydroxylation is 2. The largest absolute Gasteiger partial charge is 0.474 e. The molecule has 34 heavy (non-hydrogen) atoms. The molecule has 2 unspecified atom stereocenters. The summed E-state index contributed by atoms with van der Waals surface area (Å²) >= 11 is 0. The highest BCUT2D eigenvalue weighted by atomic mass is 32.2. The van der Waals surface area contributed by atoms with E-state index in [-0.39, 0.29) is 34.7 Å². The molecule has 1 fully saturated rings. The summed E-state index contributed by atoms with van der Waals surface area (Å²) in [5.41, 5.74) is 3.92. The van der Waals surface area contributed by atoms with Crippen LogP contribution in [0.5, 0.6) is 5.88 Å². The Morgan fingerprint density at radius 1 is 1.00 bits per heavy atom. The third-order valence-corrected chi connectivity index (χ3v) is 7.69. The van der Waals surface area contributed by atoms with Gasteiger partial charge in [0, 0.05) is 23.2 Å². The number of nitrogens with zero attached hydrogens (tertiary/aromatic N) is 2. The van der Waals surface area contributed by atoms with Crippen molar-refractivity contribution in [2.45, 2.75) is 50.5 Å². The molecule has 9 heteroatoms. The minimum atomic E-state index is -4.00. The Bertz CT molecular complexity index is 1350. The van der Waals surface area contributed by atoms with E-state index >= 15 is 0 Å². The zero-order valence-corrected chi connectivity index (χ0v) is 19.9. The number of aromatic nitrogens is 2. The highest BCUT2D eigenvalue weighted by Gasteiger charge is 2.30. The summed E-state index contributed by atoms with van der Waals surface area (Å²) in [5, 5.41) is 2.86. The fourth-order valence-corrected chi connectivity index (χ4v) is 5.69. The lowest BCUT2D eigenvalue weighted by Gasteiger charge is -2.29. The summed E-state index contributed by atoms with van der Waals surface area (Å²) in [5.74, 6) is -0.136. The fourth-order valence-electron chi connectivity index (χ4n) is 4.70. The van der Waals surface area contributed by atoms with Crippen LogP contribution in [0.3, 0.4) is 0 Å². The van der Waals surface area contributed by atoms with Gasteiger partial charge in [-0.05, 0) is 68.9 Å². The second kappa shape index (κ2) is 8.72. The molecular formula is C25H26N4O4S. The SMILES string of the molecule is Cc1cccc(C)c1-c1cc2nc(n1)NS(=O)(=O)c1cccc(c1)NC(=O)C1CCCC(C1)O2. The molecule has 0 radical (unpaired) electrons. The number of ether oxygens (including phenoxy) is 1. The van der Waals surface area contributed by atoms with Gasteiger partial charge in [-0.3, -0.25) is 4.79 Å². The summed E-state index contributed by atoms with van der Waals surface area (Å²) in [6, 6.07) is 13.9. The van der Waals surface area contributed by atoms with Crippen molar-refractivity contribution in [3.63, 3.8) is 0 Å². The van der Waals surface area contributed by atoms with Crippen molar-refractivity contribution in [1.29, 1.82) is 0 Å². The average molecular weight is 479 g/mol. The zero-order chi connectivity index (χ0) is 23.9. The quantitative estimate of drug-likeness (QED) is 0.535. The van der Waals surface area contributed by atoms with E-state index in [9.17, 15) is 13.2 Å². The Balaban J connectivity index is 1.65. The third-order valence-electron chi connectivity index (χ3n) is 6.36. The van der Waals surface area contributed by atoms with Crippen molar-refractivity contribution >= 4 is 27.6 Å². The predicted molar refractivity (Wildman–Crippen MR) is 129 cm³/mol. The molecular weight excluding hydrogens is 452 g/mol. The van der Waals surface area contributed by atoms with Gasteiger partial charge < -0.3 is 10.1 Å². The predicted octanol–water partition coefficient (Wildman–Crippen LogP) is 4.45. The molecule has 1 aliphatic heterocycles. The first-order valence-corrected chi connectivity index (χ1v) is 12.8. The van der Waals surface area contributed by atoms with Gasteiger partial charge in [-0.15, -0.1) is 0 Å². The minimum absolute atomic E-state index is 0.00687. The number of amides is 1. The van der Waals surface area contributed by atoms with Crippen LogP contribution in [0.15, 0.2) is 53.4 Å². The molecule has 2 N–H and O–H groups in total. The molecule has 5 rings (SSSR count). The normalized spacial score (nSPS) is 21.4. The number of sulfonamides is 1. The number of anilines is 2. The van der Waals surface area contributed by atoms with Crippen LogP contribution in [-0.4, -0.2) is 30.4 Å². The Morgan fingerprint density at radius 3 is 2.56 bits per heavy atom. The van der Waals surface area contributed by atoms with Crippen molar-refractivity contribution < 1.29 is 17.9 Å². The third kappa shape index (κ3) is 4.48. The van der Waals surface area contributed by atoms with Gasteiger partial charge in [0.25, 0.3) is 10.0 Å². The van der Waals surface area contributed by atoms with Crippen molar-refractivity contribution in [2.24, 2.45) is 5.92 Å². The topological polar surface area (TPSA) is 110 Å². The standard InChI is InChI=1S/C25H26N4O4S/c1-15-6-3-7-16(2)23(15)21-14-22-28-25(27-21)29-34(31,32)20-11-5-9-18(13-20)26-24(30)17-8-4-10-19(12-17)33-22/h3,5-7,9,11,13-14,17,19H,4,8,10,12H2,1-2H3,(H,26,30)(H,27,28,29). The molecule has 176 valence electrons. The lowest BCUT2D eigenvalue weighted by molar-refractivity contribution is -0.121. The summed E-state index contributed by atoms with van der Waals surface area (Å²) in [6.45, 7) is 3.97. The van der Waals surface area contributed by atoms with Crippen LogP contribution in [0.1, 0.15) is 36.8 Å². The summed E-state index contributed by atoms with van der Waals surface area (Å²) in [4.78, 5) is 21.8. The number of nitrogens with one attached hydrogen (secondary N) is 2. The van der Waals surface area contributed by atoms with E-state index in [1.807, 2.05) is 32.0 Å². The highest BCUT2D eigenvalue weighted by Crippen LogP contribution is 2.33. The monoisotopic (exact) mass is 478 g/mol. The van der Waals surface area contributed by atoms with Crippen molar-refractivity contribution in [3.05, 3.63) is 59.7 Å². The molecule has 1 aliphatic carbocycles. The molecule has 2 aliphatic rings. The maximum atomic E-state index is 13.2. The maximum absolute atomic E-state index is 13.2. The van der Waals surface area contributed by atoms with Crippen LogP contribution in [0.4, 0.5) is 11.6 Å². The van der Waals surface area contributed by atoms with E-state index in [4.69, 9.17) is 4.74 Å². The second-order valence-electron chi connectivity index (χ2n) is 8.91. The highest BCUT2D eigenvalue weighted by molar-refractivity contribution is 7.92. The number of carbonyl (C=O) groups is 1. The number of fused-ring (bicyclic) bond motifs is 6. The van der Waals surface area contributed by atoms with Gasteiger partial charge in [0.15, 0.2) is 0 Å². The lowest BCUT2D eigenvalue weighted by atomic mass is 9.86. The van der Waals surface area contributed by atoms with Gasteiger partial charge in [-0.2, -0.15) is 4.98 Å². The second-order valence-corrected chi connectivity index (χ2v) is 10.6. The van der Waals surface area contributed by atoms with Crippen molar-refractivity contribution in [2.75, 3.05) is 10.0 Å². The number of hydrogen-bond acceptors (Lipinski definition) is 6. The smallest absolute Gasteiger partial charge is 0.264 e. The van der Waals surface area contributed by atoms with Gasteiger partial charge in [0.1, 0.15) is 6.10 Å². The molecule has 1 aromatic heterocycles. The molecule has 2 atom stereocenters. The van der Waals surface area contributed by atoms with Crippen LogP contribution in [0.25, 0.3) is 11.3 Å². The molecule has 3 aromatic rings. The Kier molecular flexibility index (Phi) is 5.73. The van der Waals surface area contributed by atoms with Crippen LogP contribution in [0.2, 0.25) is 0 Å². The Morgan fingerprint density at radius 2 is 1.76 bits per heavy atom. The van der Waals surface area contributed by atoms with E-state index in [1.54, 1.807) is 18.2 Å². The molecule has 8 nitrogen and oxygen atoms in total. The average Bonchev–Trinajstić information content (AvgIpc) is 2.78. The number of hydrogen-bond donors (Lipinski definition) is 2. The van der Waals surface area contributed by atoms with Gasteiger partial charge in [-0.25, -0.2) is 18.1 Å². The minimum Gasteiger partial charge on any atom is -0.474 e. The van der Waals surface area contributed by atoms with Crippen molar-refractivity contribution in [1.82, 2.24) is 9.97 Å². The molecule has 6 bridgehead atoms. The fraction of sp³-hybridized carbons (Fsp3) is 0.320. The molecule has 2 aromatic carbocycles. The van der Waals surface area contributed by atoms with E-state index in [2.05, 4.69) is 20.0 Å². The first kappa shape index (κ1) is 22.3. The van der Waals surface area contributed by atoms with Crippen LogP contribution < -0.4 is 14.8 Å². The summed E-state index contributed by atoms with van der Waals surface area (Å²) < 4.78 is 35.0. The van der Waals surface area contributed by atoms with Crippen LogP contribution in [0, 0.1) is 19.8 Å². The molecule has 1 saturated carbocycles. The van der Waals surface area contributed by atoms with Gasteiger partial charge in [-0.1, -0.05) is 24.3 Å². The van der Waals surface area contributed by atoms with E-state index < -0.39 is 10.0 Å². The zero-order valence-electron chi connectivity index (χ0n) is 19.0. The number of rotatable bonds is 1. The summed E-state index contributed by atoms with van der Waals surface area (Å²) in [7, 11) is -4.00. The lowest BCUT2D eigenvalue weighted by Crippen LogP contribution is -2.33. The number of benzene rings is 2. The Hall–Kier alpha value is -3.46. The molecule has 2 heterocycles. The van der Waals surface area contributed by atoms with Gasteiger partial charge in [0.2, 0.25) is 17.7 Å². The van der Waals surface area contributed by atoms with Crippen molar-refractivity contribution in [3.8, 4) is 17.1 Å². The van der Waals surface area contributed by atoms with E-state index in [1.165, 1.54) is 12.1 Å². The number of carbonyl (C=O) groups excluding carboxylic acids is 1. The van der Waals surface area contributed by atoms with Gasteiger partial charge in [0.05, 0.1) is 10.6 Å². The molecule has 0 saturated heterocycles. The van der Waals surface area contributed by atoms with Crippen LogP contribution in [-0.2, 0) is 14.8 Å². The molecule has 0 spiro atoms. The first-order chi connectivity index (χ1) is 16.3. The van der Waals surface area contributed by atoms with E-state index in [0.29, 0.717) is 17.8 Å². The first-order valence-electron chi connectivity index (χ1n) is 11.3. The summed E-state index contributed by atoms with van der Waals surface area (Å²) in [6.07, 6.45) is 2.77. The van der Waals surface area contributed by atoms with Gasteiger partial charge >= 0.3 is 0 Å². The van der Waals surface area contributed by atoms with Crippen LogP contribution >= 0.6 is 0 Å². The Labute approximate surface area is 198 Å². The maximum Gasteiger partial charge on any atom is 0.264 e. The van der Waals surface area contributed by atoms with E-state index in [0.717, 1.165) is 36.0 Å². The molecule has 1 amide bonds.